The zero-order valence-corrected chi connectivity index (χ0v) is 14.4. The van der Waals surface area contributed by atoms with Crippen LogP contribution in [0.4, 0.5) is 15.6 Å². The third-order valence-electron chi connectivity index (χ3n) is 3.28. The van der Waals surface area contributed by atoms with Crippen molar-refractivity contribution in [2.75, 3.05) is 24.9 Å². The Morgan fingerprint density at radius 3 is 2.74 bits per heavy atom. The first-order chi connectivity index (χ1) is 11.1. The average molecular weight is 349 g/mol. The lowest BCUT2D eigenvalue weighted by atomic mass is 10.1. The van der Waals surface area contributed by atoms with Crippen LogP contribution in [0.5, 0.6) is 11.5 Å². The van der Waals surface area contributed by atoms with Gasteiger partial charge in [0.25, 0.3) is 0 Å². The largest absolute Gasteiger partial charge is 0.497 e. The van der Waals surface area contributed by atoms with Crippen molar-refractivity contribution >= 4 is 49.1 Å². The van der Waals surface area contributed by atoms with Crippen molar-refractivity contribution in [3.05, 3.63) is 29.1 Å². The molecular weight excluding hydrogens is 334 g/mol. The molecular formula is C15H15N3O3S2. The van der Waals surface area contributed by atoms with Crippen LogP contribution in [0.2, 0.25) is 0 Å². The average Bonchev–Trinajstić information content (AvgIpc) is 3.10. The minimum atomic E-state index is -0.357. The number of carbonyl (C=O) groups is 1. The van der Waals surface area contributed by atoms with Crippen molar-refractivity contribution in [3.63, 3.8) is 0 Å². The molecule has 8 heteroatoms. The molecule has 0 aliphatic carbocycles. The van der Waals surface area contributed by atoms with Crippen LogP contribution < -0.4 is 20.1 Å². The lowest BCUT2D eigenvalue weighted by Gasteiger charge is -2.14. The number of hydrogen-bond acceptors (Lipinski definition) is 6. The predicted octanol–water partition coefficient (Wildman–Crippen LogP) is 4.33. The number of anilines is 2. The van der Waals surface area contributed by atoms with E-state index in [9.17, 15) is 4.79 Å². The summed E-state index contributed by atoms with van der Waals surface area (Å²) >= 11 is 3.05. The Bertz CT molecular complexity index is 828. The molecule has 0 unspecified atom stereocenters. The molecule has 3 aromatic rings. The maximum Gasteiger partial charge on any atom is 0.325 e. The first kappa shape index (κ1) is 15.6. The molecule has 0 atom stereocenters. The molecule has 0 fully saturated rings. The highest BCUT2D eigenvalue weighted by molar-refractivity contribution is 7.39. The van der Waals surface area contributed by atoms with Crippen molar-refractivity contribution in [3.8, 4) is 11.5 Å². The summed E-state index contributed by atoms with van der Waals surface area (Å²) in [4.78, 5) is 16.6. The van der Waals surface area contributed by atoms with Gasteiger partial charge in [-0.1, -0.05) is 11.3 Å². The summed E-state index contributed by atoms with van der Waals surface area (Å²) in [6.07, 6.45) is 0. The maximum atomic E-state index is 12.2. The quantitative estimate of drug-likeness (QED) is 0.735. The number of ether oxygens (including phenoxy) is 2. The number of thiophene rings is 1. The number of benzene rings is 1. The summed E-state index contributed by atoms with van der Waals surface area (Å²) in [6, 6.07) is 5.09. The Hall–Kier alpha value is -2.32. The van der Waals surface area contributed by atoms with Gasteiger partial charge in [-0.25, -0.2) is 9.78 Å². The second kappa shape index (κ2) is 6.43. The monoisotopic (exact) mass is 349 g/mol. The van der Waals surface area contributed by atoms with E-state index >= 15 is 0 Å². The molecule has 0 saturated carbocycles. The van der Waals surface area contributed by atoms with Crippen LogP contribution in [0, 0.1) is 6.92 Å². The van der Waals surface area contributed by atoms with Crippen molar-refractivity contribution < 1.29 is 14.3 Å². The van der Waals surface area contributed by atoms with Crippen LogP contribution in [0.15, 0.2) is 23.6 Å². The molecule has 2 amide bonds. The number of nitrogens with zero attached hydrogens (tertiary/aromatic N) is 1. The predicted molar refractivity (Wildman–Crippen MR) is 94.4 cm³/mol. The van der Waals surface area contributed by atoms with E-state index in [2.05, 4.69) is 15.6 Å². The number of carbonyl (C=O) groups excluding carboxylic acids is 1. The normalized spacial score (nSPS) is 10.6. The Labute approximate surface area is 141 Å². The van der Waals surface area contributed by atoms with E-state index in [1.54, 1.807) is 37.7 Å². The van der Waals surface area contributed by atoms with E-state index in [-0.39, 0.29) is 6.03 Å². The van der Waals surface area contributed by atoms with Gasteiger partial charge in [-0.2, -0.15) is 0 Å². The van der Waals surface area contributed by atoms with Crippen molar-refractivity contribution in [1.29, 1.82) is 0 Å². The number of urea groups is 1. The number of hydrogen-bond donors (Lipinski definition) is 2. The summed E-state index contributed by atoms with van der Waals surface area (Å²) in [5.41, 5.74) is 2.34. The summed E-state index contributed by atoms with van der Waals surface area (Å²) in [5, 5.41) is 8.10. The molecule has 6 nitrogen and oxygen atoms in total. The molecule has 3 rings (SSSR count). The molecule has 23 heavy (non-hydrogen) atoms. The van der Waals surface area contributed by atoms with Crippen LogP contribution in [-0.2, 0) is 0 Å². The number of amides is 2. The summed E-state index contributed by atoms with van der Waals surface area (Å²) in [6.45, 7) is 1.87. The van der Waals surface area contributed by atoms with Gasteiger partial charge in [-0.3, -0.25) is 5.32 Å². The first-order valence-electron chi connectivity index (χ1n) is 6.75. The van der Waals surface area contributed by atoms with Crippen LogP contribution in [-0.4, -0.2) is 25.2 Å². The number of nitrogens with one attached hydrogen (secondary N) is 2. The van der Waals surface area contributed by atoms with E-state index < -0.39 is 0 Å². The van der Waals surface area contributed by atoms with Gasteiger partial charge in [0.1, 0.15) is 15.5 Å². The smallest absolute Gasteiger partial charge is 0.325 e. The fourth-order valence-electron chi connectivity index (χ4n) is 2.09. The van der Waals surface area contributed by atoms with Gasteiger partial charge in [0.05, 0.1) is 25.4 Å². The van der Waals surface area contributed by atoms with E-state index in [1.807, 2.05) is 18.4 Å². The minimum absolute atomic E-state index is 0.357. The molecule has 2 aromatic heterocycles. The second-order valence-electron chi connectivity index (χ2n) is 4.69. The summed E-state index contributed by atoms with van der Waals surface area (Å²) in [7, 11) is 3.14. The topological polar surface area (TPSA) is 72.5 Å². The lowest BCUT2D eigenvalue weighted by molar-refractivity contribution is 0.262. The maximum absolute atomic E-state index is 12.2. The van der Waals surface area contributed by atoms with Gasteiger partial charge in [-0.05, 0) is 18.4 Å². The highest BCUT2D eigenvalue weighted by atomic mass is 32.2. The zero-order valence-electron chi connectivity index (χ0n) is 12.8. The van der Waals surface area contributed by atoms with Gasteiger partial charge in [0, 0.05) is 17.7 Å². The van der Waals surface area contributed by atoms with Gasteiger partial charge in [0.2, 0.25) is 0 Å². The molecule has 0 radical (unpaired) electrons. The van der Waals surface area contributed by atoms with Gasteiger partial charge in [-0.15, -0.1) is 11.3 Å². The first-order valence-corrected chi connectivity index (χ1v) is 8.45. The SMILES string of the molecule is COc1cc(NC(=O)Nc2nc3ccsc3s2)c(C)c(OC)c1. The van der Waals surface area contributed by atoms with Crippen LogP contribution in [0.25, 0.3) is 9.53 Å². The number of rotatable bonds is 4. The minimum Gasteiger partial charge on any atom is -0.497 e. The lowest BCUT2D eigenvalue weighted by Crippen LogP contribution is -2.20. The Morgan fingerprint density at radius 1 is 1.22 bits per heavy atom. The molecule has 0 saturated heterocycles. The van der Waals surface area contributed by atoms with Crippen LogP contribution in [0.1, 0.15) is 5.56 Å². The molecule has 120 valence electrons. The third-order valence-corrected chi connectivity index (χ3v) is 5.29. The Kier molecular flexibility index (Phi) is 4.35. The molecule has 2 heterocycles. The Morgan fingerprint density at radius 2 is 2.04 bits per heavy atom. The van der Waals surface area contributed by atoms with Crippen molar-refractivity contribution in [2.45, 2.75) is 6.92 Å². The standard InChI is InChI=1S/C15H15N3O3S2/c1-8-11(6-9(20-2)7-12(8)21-3)16-14(19)18-15-17-10-4-5-22-13(10)23-15/h4-7H,1-3H3,(H2,16,17,18,19). The van der Waals surface area contributed by atoms with Crippen molar-refractivity contribution in [2.24, 2.45) is 0 Å². The summed E-state index contributed by atoms with van der Waals surface area (Å²) in [5.74, 6) is 1.26. The third kappa shape index (κ3) is 3.22. The molecule has 0 bridgehead atoms. The fraction of sp³-hybridized carbons (Fsp3) is 0.200. The zero-order chi connectivity index (χ0) is 16.4. The molecule has 2 N–H and O–H groups in total. The second-order valence-corrected chi connectivity index (χ2v) is 6.87. The van der Waals surface area contributed by atoms with Gasteiger partial charge < -0.3 is 14.8 Å². The van der Waals surface area contributed by atoms with Crippen molar-refractivity contribution in [1.82, 2.24) is 4.98 Å². The van der Waals surface area contributed by atoms with E-state index in [0.717, 1.165) is 15.1 Å². The van der Waals surface area contributed by atoms with E-state index in [0.29, 0.717) is 22.3 Å². The molecule has 0 spiro atoms. The number of thiazole rings is 1. The van der Waals surface area contributed by atoms with E-state index in [4.69, 9.17) is 9.47 Å². The van der Waals surface area contributed by atoms with Crippen LogP contribution in [0.3, 0.4) is 0 Å². The Balaban J connectivity index is 1.78. The fourth-order valence-corrected chi connectivity index (χ4v) is 3.93. The molecule has 1 aromatic carbocycles. The molecule has 0 aliphatic rings. The van der Waals surface area contributed by atoms with E-state index in [1.165, 1.54) is 11.3 Å². The number of fused-ring (bicyclic) bond motifs is 1. The highest BCUT2D eigenvalue weighted by Crippen LogP contribution is 2.32. The van der Waals surface area contributed by atoms with Gasteiger partial charge >= 0.3 is 6.03 Å². The van der Waals surface area contributed by atoms with Gasteiger partial charge in [0.15, 0.2) is 5.13 Å². The highest BCUT2D eigenvalue weighted by Gasteiger charge is 2.13. The number of methoxy groups -OCH3 is 2. The number of aromatic nitrogens is 1. The molecule has 0 aliphatic heterocycles. The van der Waals surface area contributed by atoms with Crippen LogP contribution >= 0.6 is 22.7 Å². The summed E-state index contributed by atoms with van der Waals surface area (Å²) < 4.78 is 11.6.